The smallest absolute Gasteiger partial charge is 0.322 e. The molecule has 0 amide bonds. The van der Waals surface area contributed by atoms with Gasteiger partial charge in [0.15, 0.2) is 5.75 Å². The summed E-state index contributed by atoms with van der Waals surface area (Å²) in [5, 5.41) is 9.20. The molecule has 2 fully saturated rings. The zero-order chi connectivity index (χ0) is 14.2. The van der Waals surface area contributed by atoms with E-state index in [0.717, 1.165) is 26.4 Å². The van der Waals surface area contributed by atoms with Crippen molar-refractivity contribution in [1.82, 2.24) is 4.72 Å². The fourth-order valence-corrected chi connectivity index (χ4v) is 4.54. The average molecular weight is 291 g/mol. The van der Waals surface area contributed by atoms with Crippen LogP contribution in [0.2, 0.25) is 0 Å². The quantitative estimate of drug-likeness (QED) is 0.666. The molecule has 0 aromatic rings. The number of carboxylic acids is 1. The Morgan fingerprint density at radius 1 is 1.32 bits per heavy atom. The summed E-state index contributed by atoms with van der Waals surface area (Å²) in [6.45, 7) is 0. The van der Waals surface area contributed by atoms with Crippen LogP contribution in [0.1, 0.15) is 19.3 Å². The number of carbonyl (C=O) groups excluding carboxylic acids is 1. The zero-order valence-electron chi connectivity index (χ0n) is 10.5. The Kier molecular flexibility index (Phi) is 3.82. The molecule has 2 rings (SSSR count). The molecule has 4 atom stereocenters. The Morgan fingerprint density at radius 2 is 1.95 bits per heavy atom. The highest BCUT2D eigenvalue weighted by atomic mass is 32.2. The highest BCUT2D eigenvalue weighted by molar-refractivity contribution is 7.90. The van der Waals surface area contributed by atoms with E-state index in [9.17, 15) is 23.1 Å². The maximum Gasteiger partial charge on any atom is 0.322 e. The third-order valence-corrected chi connectivity index (χ3v) is 5.30. The lowest BCUT2D eigenvalue weighted by atomic mass is 9.85. The molecule has 7 nitrogen and oxygen atoms in total. The minimum atomic E-state index is -3.85. The lowest BCUT2D eigenvalue weighted by molar-refractivity contribution is -0.144. The number of fused-ring (bicyclic) bond motifs is 2. The van der Waals surface area contributed by atoms with Gasteiger partial charge in [0.05, 0.1) is 13.0 Å². The molecular formula is C11H17NO6S. The number of methoxy groups -OCH3 is 1. The van der Waals surface area contributed by atoms with Crippen LogP contribution >= 0.6 is 0 Å². The van der Waals surface area contributed by atoms with E-state index >= 15 is 0 Å². The van der Waals surface area contributed by atoms with Crippen molar-refractivity contribution in [3.8, 4) is 0 Å². The average Bonchev–Trinajstić information content (AvgIpc) is 2.87. The number of aliphatic carboxylic acids is 1. The number of hydrogen-bond acceptors (Lipinski definition) is 5. The molecule has 0 aliphatic heterocycles. The first-order valence-corrected chi connectivity index (χ1v) is 7.79. The Labute approximate surface area is 111 Å². The number of sulfonamides is 1. The van der Waals surface area contributed by atoms with E-state index in [1.807, 2.05) is 0 Å². The van der Waals surface area contributed by atoms with Crippen LogP contribution in [-0.2, 0) is 24.3 Å². The van der Waals surface area contributed by atoms with Crippen molar-refractivity contribution in [3.63, 3.8) is 0 Å². The van der Waals surface area contributed by atoms with Gasteiger partial charge in [0.1, 0.15) is 0 Å². The number of hydrogen-bond donors (Lipinski definition) is 2. The molecule has 2 aliphatic rings. The van der Waals surface area contributed by atoms with Crippen LogP contribution in [0.4, 0.5) is 0 Å². The molecule has 4 unspecified atom stereocenters. The highest BCUT2D eigenvalue weighted by Crippen LogP contribution is 2.48. The van der Waals surface area contributed by atoms with Gasteiger partial charge in [-0.3, -0.25) is 9.59 Å². The van der Waals surface area contributed by atoms with E-state index in [-0.39, 0.29) is 11.8 Å². The summed E-state index contributed by atoms with van der Waals surface area (Å²) in [4.78, 5) is 22.3. The summed E-state index contributed by atoms with van der Waals surface area (Å²) in [6.07, 6.45) is 2.40. The molecule has 2 saturated carbocycles. The Morgan fingerprint density at radius 3 is 2.53 bits per heavy atom. The van der Waals surface area contributed by atoms with E-state index in [0.29, 0.717) is 0 Å². The van der Waals surface area contributed by atoms with E-state index in [1.54, 1.807) is 0 Å². The first kappa shape index (κ1) is 14.3. The summed E-state index contributed by atoms with van der Waals surface area (Å²) in [6, 6.07) is -0.606. The highest BCUT2D eigenvalue weighted by Gasteiger charge is 2.52. The van der Waals surface area contributed by atoms with E-state index < -0.39 is 39.7 Å². The van der Waals surface area contributed by atoms with Crippen LogP contribution in [0.25, 0.3) is 0 Å². The molecule has 8 heteroatoms. The van der Waals surface area contributed by atoms with Crippen LogP contribution in [0.5, 0.6) is 0 Å². The van der Waals surface area contributed by atoms with Gasteiger partial charge in [-0.15, -0.1) is 0 Å². The first-order chi connectivity index (χ1) is 8.84. The molecule has 0 spiro atoms. The van der Waals surface area contributed by atoms with Crippen molar-refractivity contribution in [2.24, 2.45) is 17.8 Å². The first-order valence-electron chi connectivity index (χ1n) is 6.13. The molecule has 2 aliphatic carbocycles. The van der Waals surface area contributed by atoms with Crippen LogP contribution < -0.4 is 4.72 Å². The molecule has 108 valence electrons. The van der Waals surface area contributed by atoms with Gasteiger partial charge in [-0.05, 0) is 31.1 Å². The number of ether oxygens (including phenoxy) is 1. The summed E-state index contributed by atoms with van der Waals surface area (Å²) in [5.41, 5.74) is 0. The molecule has 0 radical (unpaired) electrons. The lowest BCUT2D eigenvalue weighted by Gasteiger charge is -2.28. The van der Waals surface area contributed by atoms with Crippen LogP contribution in [-0.4, -0.2) is 44.4 Å². The predicted molar refractivity (Wildman–Crippen MR) is 64.7 cm³/mol. The number of rotatable bonds is 5. The predicted octanol–water partition coefficient (Wildman–Crippen LogP) is -0.422. The van der Waals surface area contributed by atoms with Gasteiger partial charge in [-0.2, -0.15) is 0 Å². The van der Waals surface area contributed by atoms with Gasteiger partial charge in [-0.1, -0.05) is 0 Å². The van der Waals surface area contributed by atoms with Gasteiger partial charge in [0, 0.05) is 6.04 Å². The number of nitrogens with one attached hydrogen (secondary N) is 1. The maximum atomic E-state index is 11.8. The second-order valence-corrected chi connectivity index (χ2v) is 6.93. The second kappa shape index (κ2) is 5.09. The molecular weight excluding hydrogens is 274 g/mol. The molecule has 19 heavy (non-hydrogen) atoms. The lowest BCUT2D eigenvalue weighted by Crippen LogP contribution is -2.48. The third-order valence-electron chi connectivity index (χ3n) is 4.05. The number of carbonyl (C=O) groups is 2. The summed E-state index contributed by atoms with van der Waals surface area (Å²) < 4.78 is 30.3. The molecule has 2 N–H and O–H groups in total. The Balaban J connectivity index is 2.09. The summed E-state index contributed by atoms with van der Waals surface area (Å²) in [5.74, 6) is -3.21. The van der Waals surface area contributed by atoms with Crippen LogP contribution in [0, 0.1) is 17.8 Å². The van der Waals surface area contributed by atoms with Crippen molar-refractivity contribution >= 4 is 22.0 Å². The van der Waals surface area contributed by atoms with Crippen molar-refractivity contribution < 1.29 is 27.9 Å². The normalized spacial score (nSPS) is 33.3. The van der Waals surface area contributed by atoms with Gasteiger partial charge in [0.25, 0.3) is 0 Å². The Bertz CT molecular complexity index is 487. The number of esters is 1. The Hall–Kier alpha value is -1.15. The van der Waals surface area contributed by atoms with E-state index in [2.05, 4.69) is 9.46 Å². The minimum Gasteiger partial charge on any atom is -0.481 e. The van der Waals surface area contributed by atoms with Gasteiger partial charge < -0.3 is 9.84 Å². The van der Waals surface area contributed by atoms with Crippen molar-refractivity contribution in [2.45, 2.75) is 25.3 Å². The summed E-state index contributed by atoms with van der Waals surface area (Å²) >= 11 is 0. The van der Waals surface area contributed by atoms with Gasteiger partial charge in [-0.25, -0.2) is 13.1 Å². The van der Waals surface area contributed by atoms with Crippen molar-refractivity contribution in [1.29, 1.82) is 0 Å². The van der Waals surface area contributed by atoms with Crippen molar-refractivity contribution in [2.75, 3.05) is 12.9 Å². The van der Waals surface area contributed by atoms with Gasteiger partial charge in [0.2, 0.25) is 10.0 Å². The molecule has 0 heterocycles. The minimum absolute atomic E-state index is 0.0355. The topological polar surface area (TPSA) is 110 Å². The van der Waals surface area contributed by atoms with Gasteiger partial charge >= 0.3 is 11.9 Å². The molecule has 0 aromatic heterocycles. The number of carboxylic acid groups (broad SMARTS) is 1. The van der Waals surface area contributed by atoms with Crippen LogP contribution in [0.3, 0.4) is 0 Å². The molecule has 0 saturated heterocycles. The largest absolute Gasteiger partial charge is 0.481 e. The van der Waals surface area contributed by atoms with Crippen LogP contribution in [0.15, 0.2) is 0 Å². The van der Waals surface area contributed by atoms with E-state index in [1.165, 1.54) is 0 Å². The SMILES string of the molecule is COC(=O)CS(=O)(=O)NC1C2CCC(C2)C1C(=O)O. The maximum absolute atomic E-state index is 11.8. The molecule has 2 bridgehead atoms. The second-order valence-electron chi connectivity index (χ2n) is 5.18. The summed E-state index contributed by atoms with van der Waals surface area (Å²) in [7, 11) is -2.75. The fourth-order valence-electron chi connectivity index (χ4n) is 3.28. The van der Waals surface area contributed by atoms with Crippen molar-refractivity contribution in [3.05, 3.63) is 0 Å². The standard InChI is InChI=1S/C11H17NO6S/c1-18-8(13)5-19(16,17)12-10-7-3-2-6(4-7)9(10)11(14)15/h6-7,9-10,12H,2-5H2,1H3,(H,14,15). The fraction of sp³-hybridized carbons (Fsp3) is 0.818. The zero-order valence-corrected chi connectivity index (χ0v) is 11.4. The van der Waals surface area contributed by atoms with E-state index in [4.69, 9.17) is 0 Å². The third kappa shape index (κ3) is 2.89. The molecule has 0 aromatic carbocycles. The monoisotopic (exact) mass is 291 g/mol.